The van der Waals surface area contributed by atoms with Crippen molar-refractivity contribution in [2.24, 2.45) is 11.7 Å². The zero-order valence-corrected chi connectivity index (χ0v) is 12.0. The summed E-state index contributed by atoms with van der Waals surface area (Å²) < 4.78 is 0. The normalized spacial score (nSPS) is 17.7. The van der Waals surface area contributed by atoms with E-state index < -0.39 is 4.92 Å². The van der Waals surface area contributed by atoms with Crippen LogP contribution in [0.1, 0.15) is 32.1 Å². The van der Waals surface area contributed by atoms with E-state index in [2.05, 4.69) is 10.3 Å². The van der Waals surface area contributed by atoms with Crippen molar-refractivity contribution in [1.82, 2.24) is 4.98 Å². The molecule has 1 atom stereocenters. The highest BCUT2D eigenvalue weighted by Crippen LogP contribution is 2.30. The summed E-state index contributed by atoms with van der Waals surface area (Å²) in [6.07, 6.45) is 7.27. The van der Waals surface area contributed by atoms with Crippen molar-refractivity contribution >= 4 is 23.1 Å². The molecule has 3 N–H and O–H groups in total. The minimum absolute atomic E-state index is 0.0164. The highest BCUT2D eigenvalue weighted by atomic mass is 35.5. The number of nitrogens with zero attached hydrogens (tertiary/aromatic N) is 2. The Labute approximate surface area is 122 Å². The molecule has 0 saturated heterocycles. The molecule has 6 nitrogen and oxygen atoms in total. The van der Waals surface area contributed by atoms with Gasteiger partial charge in [0, 0.05) is 24.8 Å². The van der Waals surface area contributed by atoms with E-state index >= 15 is 0 Å². The Kier molecular flexibility index (Phi) is 5.14. The van der Waals surface area contributed by atoms with Crippen molar-refractivity contribution in [3.8, 4) is 0 Å². The molecule has 0 spiro atoms. The van der Waals surface area contributed by atoms with Gasteiger partial charge < -0.3 is 11.1 Å². The SMILES string of the molecule is NCC(Nc1ncc(Cl)cc1[N+](=O)[O-])C1CCCCC1. The van der Waals surface area contributed by atoms with E-state index in [0.29, 0.717) is 12.5 Å². The zero-order chi connectivity index (χ0) is 14.5. The van der Waals surface area contributed by atoms with Gasteiger partial charge in [-0.15, -0.1) is 0 Å². The fourth-order valence-electron chi connectivity index (χ4n) is 2.76. The number of nitrogens with two attached hydrogens (primary N) is 1. The van der Waals surface area contributed by atoms with Gasteiger partial charge in [0.2, 0.25) is 5.82 Å². The largest absolute Gasteiger partial charge is 0.360 e. The summed E-state index contributed by atoms with van der Waals surface area (Å²) in [6, 6.07) is 1.33. The first kappa shape index (κ1) is 15.0. The summed E-state index contributed by atoms with van der Waals surface area (Å²) in [7, 11) is 0. The number of nitro groups is 1. The number of anilines is 1. The van der Waals surface area contributed by atoms with Crippen molar-refractivity contribution in [2.45, 2.75) is 38.1 Å². The van der Waals surface area contributed by atoms with Gasteiger partial charge in [-0.05, 0) is 18.8 Å². The third-order valence-corrected chi connectivity index (χ3v) is 4.03. The zero-order valence-electron chi connectivity index (χ0n) is 11.2. The first-order valence-electron chi connectivity index (χ1n) is 6.88. The molecule has 1 fully saturated rings. The van der Waals surface area contributed by atoms with Gasteiger partial charge in [0.15, 0.2) is 0 Å². The van der Waals surface area contributed by atoms with Crippen LogP contribution < -0.4 is 11.1 Å². The van der Waals surface area contributed by atoms with E-state index in [1.807, 2.05) is 0 Å². The molecule has 1 aliphatic carbocycles. The molecule has 2 rings (SSSR count). The molecule has 1 aromatic heterocycles. The smallest absolute Gasteiger partial charge is 0.312 e. The van der Waals surface area contributed by atoms with Crippen LogP contribution in [0, 0.1) is 16.0 Å². The first-order chi connectivity index (χ1) is 9.61. The Morgan fingerprint density at radius 3 is 2.80 bits per heavy atom. The quantitative estimate of drug-likeness (QED) is 0.644. The maximum Gasteiger partial charge on any atom is 0.312 e. The van der Waals surface area contributed by atoms with Crippen LogP contribution in [0.5, 0.6) is 0 Å². The van der Waals surface area contributed by atoms with E-state index in [4.69, 9.17) is 17.3 Å². The van der Waals surface area contributed by atoms with Crippen molar-refractivity contribution in [2.75, 3.05) is 11.9 Å². The van der Waals surface area contributed by atoms with Crippen molar-refractivity contribution in [1.29, 1.82) is 0 Å². The first-order valence-corrected chi connectivity index (χ1v) is 7.26. The van der Waals surface area contributed by atoms with Crippen molar-refractivity contribution < 1.29 is 4.92 Å². The summed E-state index contributed by atoms with van der Waals surface area (Å²) in [5.41, 5.74) is 5.72. The minimum Gasteiger partial charge on any atom is -0.360 e. The molecule has 1 unspecified atom stereocenters. The molecule has 0 bridgehead atoms. The molecule has 1 heterocycles. The molecule has 0 amide bonds. The number of rotatable bonds is 5. The van der Waals surface area contributed by atoms with Gasteiger partial charge in [0.1, 0.15) is 0 Å². The average molecular weight is 299 g/mol. The van der Waals surface area contributed by atoms with Gasteiger partial charge >= 0.3 is 5.69 Å². The van der Waals surface area contributed by atoms with E-state index in [-0.39, 0.29) is 22.6 Å². The average Bonchev–Trinajstić information content (AvgIpc) is 2.46. The Morgan fingerprint density at radius 2 is 2.20 bits per heavy atom. The standard InChI is InChI=1S/C13H19ClN4O2/c14-10-6-12(18(19)20)13(16-8-10)17-11(7-15)9-4-2-1-3-5-9/h6,8-9,11H,1-5,7,15H2,(H,16,17). The van der Waals surface area contributed by atoms with Gasteiger partial charge in [-0.3, -0.25) is 10.1 Å². The summed E-state index contributed by atoms with van der Waals surface area (Å²) in [6.45, 7) is 0.437. The lowest BCUT2D eigenvalue weighted by Gasteiger charge is -2.30. The van der Waals surface area contributed by atoms with Gasteiger partial charge in [-0.2, -0.15) is 0 Å². The van der Waals surface area contributed by atoms with Gasteiger partial charge in [0.05, 0.1) is 9.95 Å². The van der Waals surface area contributed by atoms with Crippen LogP contribution in [0.2, 0.25) is 5.02 Å². The highest BCUT2D eigenvalue weighted by Gasteiger charge is 2.25. The molecule has 0 aromatic carbocycles. The second-order valence-corrected chi connectivity index (χ2v) is 5.60. The fourth-order valence-corrected chi connectivity index (χ4v) is 2.91. The second kappa shape index (κ2) is 6.85. The number of hydrogen-bond acceptors (Lipinski definition) is 5. The molecular weight excluding hydrogens is 280 g/mol. The summed E-state index contributed by atoms with van der Waals surface area (Å²) in [5, 5.41) is 14.4. The van der Waals surface area contributed by atoms with E-state index in [1.54, 1.807) is 0 Å². The fraction of sp³-hybridized carbons (Fsp3) is 0.615. The maximum absolute atomic E-state index is 11.1. The number of hydrogen-bond donors (Lipinski definition) is 2. The van der Waals surface area contributed by atoms with E-state index in [1.165, 1.54) is 31.5 Å². The third-order valence-electron chi connectivity index (χ3n) is 3.83. The second-order valence-electron chi connectivity index (χ2n) is 5.16. The Hall–Kier alpha value is -1.40. The maximum atomic E-state index is 11.1. The van der Waals surface area contributed by atoms with Crippen LogP contribution in [-0.2, 0) is 0 Å². The topological polar surface area (TPSA) is 94.1 Å². The molecule has 1 saturated carbocycles. The molecule has 7 heteroatoms. The van der Waals surface area contributed by atoms with Crippen LogP contribution in [0.3, 0.4) is 0 Å². The lowest BCUT2D eigenvalue weighted by Crippen LogP contribution is -2.37. The summed E-state index contributed by atoms with van der Waals surface area (Å²) in [5.74, 6) is 0.700. The van der Waals surface area contributed by atoms with Crippen LogP contribution in [-0.4, -0.2) is 22.5 Å². The van der Waals surface area contributed by atoms with Crippen molar-refractivity contribution in [3.05, 3.63) is 27.4 Å². The predicted octanol–water partition coefficient (Wildman–Crippen LogP) is 2.96. The number of aromatic nitrogens is 1. The van der Waals surface area contributed by atoms with Crippen LogP contribution >= 0.6 is 11.6 Å². The predicted molar refractivity (Wildman–Crippen MR) is 78.9 cm³/mol. The summed E-state index contributed by atoms with van der Waals surface area (Å²) in [4.78, 5) is 14.6. The lowest BCUT2D eigenvalue weighted by atomic mass is 9.84. The van der Waals surface area contributed by atoms with Crippen LogP contribution in [0.4, 0.5) is 11.5 Å². The third kappa shape index (κ3) is 3.58. The molecule has 1 aliphatic rings. The number of halogens is 1. The Morgan fingerprint density at radius 1 is 1.50 bits per heavy atom. The number of nitrogens with one attached hydrogen (secondary N) is 1. The van der Waals surface area contributed by atoms with Crippen molar-refractivity contribution in [3.63, 3.8) is 0 Å². The Balaban J connectivity index is 2.16. The van der Waals surface area contributed by atoms with Crippen LogP contribution in [0.25, 0.3) is 0 Å². The molecular formula is C13H19ClN4O2. The number of pyridine rings is 1. The summed E-state index contributed by atoms with van der Waals surface area (Å²) >= 11 is 5.76. The highest BCUT2D eigenvalue weighted by molar-refractivity contribution is 6.30. The molecule has 1 aromatic rings. The monoisotopic (exact) mass is 298 g/mol. The minimum atomic E-state index is -0.477. The molecule has 110 valence electrons. The Bertz CT molecular complexity index is 477. The van der Waals surface area contributed by atoms with E-state index in [0.717, 1.165) is 12.8 Å². The molecule has 20 heavy (non-hydrogen) atoms. The molecule has 0 aliphatic heterocycles. The molecule has 0 radical (unpaired) electrons. The van der Waals surface area contributed by atoms with Gasteiger partial charge in [0.25, 0.3) is 0 Å². The lowest BCUT2D eigenvalue weighted by molar-refractivity contribution is -0.384. The van der Waals surface area contributed by atoms with Gasteiger partial charge in [-0.25, -0.2) is 4.98 Å². The van der Waals surface area contributed by atoms with Crippen LogP contribution in [0.15, 0.2) is 12.3 Å². The van der Waals surface area contributed by atoms with Gasteiger partial charge in [-0.1, -0.05) is 30.9 Å². The van der Waals surface area contributed by atoms with E-state index in [9.17, 15) is 10.1 Å².